The number of hydrogen-bond donors (Lipinski definition) is 0. The first-order valence-corrected chi connectivity index (χ1v) is 29.7. The largest absolute Gasteiger partial charge is 0.462 e. The average molecular weight is 1010 g/mol. The fourth-order valence-corrected chi connectivity index (χ4v) is 7.72. The Bertz CT molecular complexity index is 1580. The molecule has 0 aliphatic heterocycles. The summed E-state index contributed by atoms with van der Waals surface area (Å²) in [7, 11) is 0. The van der Waals surface area contributed by atoms with Gasteiger partial charge in [0.2, 0.25) is 0 Å². The first-order valence-electron chi connectivity index (χ1n) is 29.7. The van der Waals surface area contributed by atoms with Crippen LogP contribution in [0.3, 0.4) is 0 Å². The number of unbranched alkanes of at least 4 members (excludes halogenated alkanes) is 19. The van der Waals surface area contributed by atoms with Crippen molar-refractivity contribution in [3.63, 3.8) is 0 Å². The van der Waals surface area contributed by atoms with Crippen LogP contribution < -0.4 is 0 Å². The smallest absolute Gasteiger partial charge is 0.306 e. The van der Waals surface area contributed by atoms with Crippen molar-refractivity contribution in [1.82, 2.24) is 0 Å². The summed E-state index contributed by atoms with van der Waals surface area (Å²) in [6, 6.07) is 0. The molecule has 0 saturated heterocycles. The second kappa shape index (κ2) is 60.1. The topological polar surface area (TPSA) is 78.9 Å². The molecule has 0 amide bonds. The first kappa shape index (κ1) is 68.6. The van der Waals surface area contributed by atoms with E-state index < -0.39 is 6.10 Å². The van der Waals surface area contributed by atoms with E-state index >= 15 is 0 Å². The van der Waals surface area contributed by atoms with Gasteiger partial charge in [-0.3, -0.25) is 14.4 Å². The molecule has 1 unspecified atom stereocenters. The summed E-state index contributed by atoms with van der Waals surface area (Å²) in [5, 5.41) is 0. The van der Waals surface area contributed by atoms with E-state index in [4.69, 9.17) is 14.2 Å². The third-order valence-electron chi connectivity index (χ3n) is 12.1. The molecule has 0 spiro atoms. The van der Waals surface area contributed by atoms with Crippen LogP contribution in [0.1, 0.15) is 252 Å². The van der Waals surface area contributed by atoms with Gasteiger partial charge in [0.25, 0.3) is 0 Å². The van der Waals surface area contributed by atoms with Gasteiger partial charge in [-0.2, -0.15) is 0 Å². The molecule has 73 heavy (non-hydrogen) atoms. The number of hydrogen-bond acceptors (Lipinski definition) is 6. The molecule has 0 radical (unpaired) electrons. The third kappa shape index (κ3) is 58.3. The number of rotatable bonds is 52. The zero-order valence-corrected chi connectivity index (χ0v) is 47.1. The van der Waals surface area contributed by atoms with E-state index in [-0.39, 0.29) is 31.1 Å². The molecule has 0 aliphatic rings. The van der Waals surface area contributed by atoms with E-state index in [2.05, 4.69) is 154 Å². The highest BCUT2D eigenvalue weighted by Gasteiger charge is 2.19. The van der Waals surface area contributed by atoms with Gasteiger partial charge in [-0.05, 0) is 135 Å². The van der Waals surface area contributed by atoms with E-state index in [0.717, 1.165) is 135 Å². The van der Waals surface area contributed by atoms with Crippen molar-refractivity contribution in [3.05, 3.63) is 134 Å². The van der Waals surface area contributed by atoms with Gasteiger partial charge in [-0.1, -0.05) is 231 Å². The zero-order valence-electron chi connectivity index (χ0n) is 47.1. The van der Waals surface area contributed by atoms with E-state index in [1.54, 1.807) is 0 Å². The third-order valence-corrected chi connectivity index (χ3v) is 12.1. The lowest BCUT2D eigenvalue weighted by molar-refractivity contribution is -0.167. The maximum atomic E-state index is 12.9. The summed E-state index contributed by atoms with van der Waals surface area (Å²) >= 11 is 0. The molecule has 0 aromatic carbocycles. The summed E-state index contributed by atoms with van der Waals surface area (Å²) in [5.74, 6) is -0.977. The highest BCUT2D eigenvalue weighted by Crippen LogP contribution is 2.14. The molecule has 0 saturated carbocycles. The van der Waals surface area contributed by atoms with Crippen LogP contribution in [-0.4, -0.2) is 37.2 Å². The molecule has 1 atom stereocenters. The molecule has 0 fully saturated rings. The second-order valence-corrected chi connectivity index (χ2v) is 19.1. The quantitative estimate of drug-likeness (QED) is 0.0261. The van der Waals surface area contributed by atoms with Gasteiger partial charge in [-0.15, -0.1) is 0 Å². The fourth-order valence-electron chi connectivity index (χ4n) is 7.72. The Morgan fingerprint density at radius 2 is 0.534 bits per heavy atom. The lowest BCUT2D eigenvalue weighted by Gasteiger charge is -2.18. The molecule has 0 N–H and O–H groups in total. The Balaban J connectivity index is 4.46. The molecular formula is C67H108O6. The minimum Gasteiger partial charge on any atom is -0.462 e. The number of ether oxygens (including phenoxy) is 3. The molecule has 0 bridgehead atoms. The van der Waals surface area contributed by atoms with E-state index in [0.29, 0.717) is 19.3 Å². The number of esters is 3. The van der Waals surface area contributed by atoms with Crippen LogP contribution in [-0.2, 0) is 28.6 Å². The molecule has 0 aromatic heterocycles. The maximum Gasteiger partial charge on any atom is 0.306 e. The van der Waals surface area contributed by atoms with Gasteiger partial charge in [0.05, 0.1) is 0 Å². The van der Waals surface area contributed by atoms with Crippen LogP contribution in [0.15, 0.2) is 134 Å². The molecule has 0 rings (SSSR count). The molecule has 0 heterocycles. The molecule has 0 aromatic rings. The Kier molecular flexibility index (Phi) is 56.4. The number of carbonyl (C=O) groups excluding carboxylic acids is 3. The highest BCUT2D eigenvalue weighted by molar-refractivity contribution is 5.71. The van der Waals surface area contributed by atoms with Gasteiger partial charge in [-0.25, -0.2) is 0 Å². The SMILES string of the molecule is CC/C=C\C/C=C\C/C=C\C/C=C\C/C=C\C/C=C\C/C=C\CCCCCC(=O)OCC(COC(=O)CCCCC/C=C\C/C=C\C/C=C\CC)OC(=O)CCCCCCCCC/C=C\CCCCCCCC. The lowest BCUT2D eigenvalue weighted by atomic mass is 10.1. The van der Waals surface area contributed by atoms with Gasteiger partial charge < -0.3 is 14.2 Å². The summed E-state index contributed by atoms with van der Waals surface area (Å²) in [4.78, 5) is 38.2. The minimum atomic E-state index is -0.812. The predicted molar refractivity (Wildman–Crippen MR) is 316 cm³/mol. The summed E-state index contributed by atoms with van der Waals surface area (Å²) < 4.78 is 16.8. The van der Waals surface area contributed by atoms with E-state index in [1.165, 1.54) is 77.0 Å². The van der Waals surface area contributed by atoms with Crippen LogP contribution in [0.5, 0.6) is 0 Å². The molecule has 412 valence electrons. The molecule has 6 nitrogen and oxygen atoms in total. The Labute approximate surface area is 449 Å². The summed E-state index contributed by atoms with van der Waals surface area (Å²) in [6.45, 7) is 6.35. The molecule has 0 aliphatic carbocycles. The van der Waals surface area contributed by atoms with Crippen molar-refractivity contribution in [2.45, 2.75) is 258 Å². The monoisotopic (exact) mass is 1010 g/mol. The Morgan fingerprint density at radius 3 is 0.863 bits per heavy atom. The number of allylic oxidation sites excluding steroid dienone is 22. The van der Waals surface area contributed by atoms with Crippen molar-refractivity contribution in [3.8, 4) is 0 Å². The highest BCUT2D eigenvalue weighted by atomic mass is 16.6. The Hall–Kier alpha value is -4.45. The van der Waals surface area contributed by atoms with Crippen molar-refractivity contribution in [1.29, 1.82) is 0 Å². The van der Waals surface area contributed by atoms with Crippen molar-refractivity contribution in [2.75, 3.05) is 13.2 Å². The van der Waals surface area contributed by atoms with Crippen LogP contribution in [0.4, 0.5) is 0 Å². The zero-order chi connectivity index (χ0) is 52.9. The van der Waals surface area contributed by atoms with Gasteiger partial charge in [0.15, 0.2) is 6.10 Å². The molecular weight excluding hydrogens is 901 g/mol. The van der Waals surface area contributed by atoms with Crippen LogP contribution >= 0.6 is 0 Å². The minimum absolute atomic E-state index is 0.110. The Morgan fingerprint density at radius 1 is 0.288 bits per heavy atom. The van der Waals surface area contributed by atoms with Crippen molar-refractivity contribution in [2.24, 2.45) is 0 Å². The normalized spacial score (nSPS) is 13.1. The summed E-state index contributed by atoms with van der Waals surface area (Å²) in [6.07, 6.45) is 84.5. The van der Waals surface area contributed by atoms with Crippen LogP contribution in [0.25, 0.3) is 0 Å². The van der Waals surface area contributed by atoms with Gasteiger partial charge >= 0.3 is 17.9 Å². The first-order chi connectivity index (χ1) is 36.0. The van der Waals surface area contributed by atoms with Crippen molar-refractivity contribution >= 4 is 17.9 Å². The lowest BCUT2D eigenvalue weighted by Crippen LogP contribution is -2.30. The van der Waals surface area contributed by atoms with Gasteiger partial charge in [0, 0.05) is 19.3 Å². The second-order valence-electron chi connectivity index (χ2n) is 19.1. The number of carbonyl (C=O) groups is 3. The fraction of sp³-hybridized carbons (Fsp3) is 0.627. The van der Waals surface area contributed by atoms with Gasteiger partial charge in [0.1, 0.15) is 13.2 Å². The van der Waals surface area contributed by atoms with E-state index in [1.807, 2.05) is 0 Å². The predicted octanol–water partition coefficient (Wildman–Crippen LogP) is 20.2. The maximum absolute atomic E-state index is 12.9. The summed E-state index contributed by atoms with van der Waals surface area (Å²) in [5.41, 5.74) is 0. The van der Waals surface area contributed by atoms with Crippen molar-refractivity contribution < 1.29 is 28.6 Å². The van der Waals surface area contributed by atoms with E-state index in [9.17, 15) is 14.4 Å². The standard InChI is InChI=1S/C67H108O6/c1-4-7-10-13-16-19-22-25-27-29-30-31-32-33-34-35-36-38-39-42-45-48-51-54-57-60-66(69)72-63-64(62-71-65(68)59-56-53-50-47-44-41-24-21-18-15-12-9-6-3)73-67(70)61-58-55-52-49-46-43-40-37-28-26-23-20-17-14-11-8-5-2/h7,9-10,12,16,18-19,21,25-28,30-31,33-34,36,38,41-42,44-45,64H,4-6,8,11,13-15,17,20,22-24,29,32,35,37,39-40,43,46-63H2,1-3H3/b10-7-,12-9-,19-16-,21-18-,27-25-,28-26-,31-30-,34-33-,38-36-,44-41-,45-42-. The van der Waals surface area contributed by atoms with Crippen LogP contribution in [0, 0.1) is 0 Å². The molecule has 6 heteroatoms. The van der Waals surface area contributed by atoms with Crippen LogP contribution in [0.2, 0.25) is 0 Å². The average Bonchev–Trinajstić information content (AvgIpc) is 3.39.